The number of fused-ring (bicyclic) bond motifs is 1. The first-order chi connectivity index (χ1) is 16.4. The van der Waals surface area contributed by atoms with Crippen LogP contribution in [-0.4, -0.2) is 38.6 Å². The lowest BCUT2D eigenvalue weighted by Gasteiger charge is -2.13. The minimum absolute atomic E-state index is 0.0225. The number of carbonyl (C=O) groups is 1. The molecule has 0 unspecified atom stereocenters. The van der Waals surface area contributed by atoms with Crippen LogP contribution in [0.25, 0.3) is 10.9 Å². The van der Waals surface area contributed by atoms with E-state index in [2.05, 4.69) is 31.3 Å². The van der Waals surface area contributed by atoms with E-state index < -0.39 is 16.0 Å². The predicted molar refractivity (Wildman–Crippen MR) is 127 cm³/mol. The number of hydrogen-bond acceptors (Lipinski definition) is 7. The van der Waals surface area contributed by atoms with E-state index in [9.17, 15) is 13.2 Å². The van der Waals surface area contributed by atoms with Crippen LogP contribution in [0.1, 0.15) is 21.6 Å². The fourth-order valence-corrected chi connectivity index (χ4v) is 4.47. The third-order valence-corrected chi connectivity index (χ3v) is 6.27. The van der Waals surface area contributed by atoms with E-state index in [0.29, 0.717) is 33.5 Å². The van der Waals surface area contributed by atoms with E-state index >= 15 is 0 Å². The van der Waals surface area contributed by atoms with Gasteiger partial charge >= 0.3 is 5.97 Å². The van der Waals surface area contributed by atoms with E-state index in [1.807, 2.05) is 0 Å². The van der Waals surface area contributed by atoms with Gasteiger partial charge in [-0.1, -0.05) is 24.0 Å². The first-order valence-electron chi connectivity index (χ1n) is 10.0. The number of para-hydroxylation sites is 1. The fourth-order valence-electron chi connectivity index (χ4n) is 3.23. The molecule has 4 rings (SSSR count). The molecule has 2 aromatic heterocycles. The smallest absolute Gasteiger partial charge is 0.356 e. The maximum Gasteiger partial charge on any atom is 0.356 e. The van der Waals surface area contributed by atoms with E-state index in [-0.39, 0.29) is 10.6 Å². The number of esters is 1. The lowest BCUT2D eigenvalue weighted by Crippen LogP contribution is -2.14. The van der Waals surface area contributed by atoms with Crippen molar-refractivity contribution in [2.75, 3.05) is 18.9 Å². The van der Waals surface area contributed by atoms with Gasteiger partial charge in [0.1, 0.15) is 16.3 Å². The molecule has 4 aromatic rings. The molecule has 0 aliphatic rings. The summed E-state index contributed by atoms with van der Waals surface area (Å²) >= 11 is 0. The molecule has 9 heteroatoms. The molecule has 0 aliphatic heterocycles. The Morgan fingerprint density at radius 1 is 0.941 bits per heavy atom. The number of rotatable bonds is 5. The maximum atomic E-state index is 13.3. The zero-order valence-corrected chi connectivity index (χ0v) is 19.1. The van der Waals surface area contributed by atoms with Crippen molar-refractivity contribution in [2.45, 2.75) is 4.90 Å². The SMILES string of the molecule is COC(=O)c1ccc(C#Cc2ccccc2NS(=O)(=O)c2ccc(OC)c3cccnc23)cn1. The highest BCUT2D eigenvalue weighted by Gasteiger charge is 2.21. The summed E-state index contributed by atoms with van der Waals surface area (Å²) in [5, 5.41) is 0.587. The second-order valence-corrected chi connectivity index (χ2v) is 8.64. The molecule has 0 spiro atoms. The van der Waals surface area contributed by atoms with Crippen LogP contribution in [0.2, 0.25) is 0 Å². The quantitative estimate of drug-likeness (QED) is 0.348. The Morgan fingerprint density at radius 2 is 1.76 bits per heavy atom. The summed E-state index contributed by atoms with van der Waals surface area (Å²) in [5.74, 6) is 5.87. The minimum Gasteiger partial charge on any atom is -0.496 e. The van der Waals surface area contributed by atoms with Crippen LogP contribution in [0.5, 0.6) is 5.75 Å². The first kappa shape index (κ1) is 22.8. The van der Waals surface area contributed by atoms with Crippen LogP contribution in [0, 0.1) is 11.8 Å². The van der Waals surface area contributed by atoms with Crippen LogP contribution in [0.15, 0.2) is 78.0 Å². The topological polar surface area (TPSA) is 107 Å². The van der Waals surface area contributed by atoms with Gasteiger partial charge in [-0.05, 0) is 48.5 Å². The third kappa shape index (κ3) is 4.67. The summed E-state index contributed by atoms with van der Waals surface area (Å²) in [7, 11) is -1.19. The summed E-state index contributed by atoms with van der Waals surface area (Å²) in [4.78, 5) is 19.8. The molecule has 2 aromatic carbocycles. The Morgan fingerprint density at radius 3 is 2.50 bits per heavy atom. The standard InChI is InChI=1S/C25H19N3O5S/c1-32-22-13-14-23(24-19(22)7-5-15-26-24)34(30,31)28-20-8-4-3-6-18(20)11-9-17-10-12-21(27-16-17)25(29)33-2/h3-8,10,12-16,28H,1-2H3. The zero-order valence-electron chi connectivity index (χ0n) is 18.3. The van der Waals surface area contributed by atoms with Gasteiger partial charge in [0.25, 0.3) is 10.0 Å². The van der Waals surface area contributed by atoms with Crippen molar-refractivity contribution in [1.29, 1.82) is 0 Å². The molecular weight excluding hydrogens is 454 g/mol. The molecule has 34 heavy (non-hydrogen) atoms. The largest absolute Gasteiger partial charge is 0.496 e. The number of anilines is 1. The average Bonchev–Trinajstić information content (AvgIpc) is 2.87. The van der Waals surface area contributed by atoms with Crippen molar-refractivity contribution in [2.24, 2.45) is 0 Å². The van der Waals surface area contributed by atoms with E-state index in [1.54, 1.807) is 48.5 Å². The van der Waals surface area contributed by atoms with Gasteiger partial charge in [-0.2, -0.15) is 0 Å². The van der Waals surface area contributed by atoms with Crippen molar-refractivity contribution in [3.8, 4) is 17.6 Å². The van der Waals surface area contributed by atoms with Crippen molar-refractivity contribution >= 4 is 32.6 Å². The Balaban J connectivity index is 1.67. The number of methoxy groups -OCH3 is 2. The molecule has 0 radical (unpaired) electrons. The lowest BCUT2D eigenvalue weighted by atomic mass is 10.1. The Labute approximate surface area is 196 Å². The number of hydrogen-bond donors (Lipinski definition) is 1. The summed E-state index contributed by atoms with van der Waals surface area (Å²) in [6, 6.07) is 16.4. The van der Waals surface area contributed by atoms with Crippen LogP contribution < -0.4 is 9.46 Å². The third-order valence-electron chi connectivity index (χ3n) is 4.87. The Hall–Kier alpha value is -4.42. The summed E-state index contributed by atoms with van der Waals surface area (Å²) < 4.78 is 39.1. The Kier molecular flexibility index (Phi) is 6.43. The summed E-state index contributed by atoms with van der Waals surface area (Å²) in [5.41, 5.74) is 1.80. The maximum absolute atomic E-state index is 13.3. The number of aromatic nitrogens is 2. The highest BCUT2D eigenvalue weighted by atomic mass is 32.2. The average molecular weight is 474 g/mol. The molecule has 2 heterocycles. The molecule has 8 nitrogen and oxygen atoms in total. The van der Waals surface area contributed by atoms with Crippen molar-refractivity contribution in [1.82, 2.24) is 9.97 Å². The van der Waals surface area contributed by atoms with Crippen molar-refractivity contribution in [3.05, 3.63) is 89.9 Å². The second-order valence-electron chi connectivity index (χ2n) is 6.99. The van der Waals surface area contributed by atoms with Gasteiger partial charge in [-0.3, -0.25) is 9.71 Å². The predicted octanol–water partition coefficient (Wildman–Crippen LogP) is 3.63. The number of sulfonamides is 1. The molecule has 170 valence electrons. The number of nitrogens with zero attached hydrogens (tertiary/aromatic N) is 2. The molecule has 0 amide bonds. The van der Waals surface area contributed by atoms with Gasteiger partial charge in [0.05, 0.1) is 25.4 Å². The molecule has 0 bridgehead atoms. The van der Waals surface area contributed by atoms with Crippen LogP contribution in [0.4, 0.5) is 5.69 Å². The van der Waals surface area contributed by atoms with Crippen LogP contribution in [-0.2, 0) is 14.8 Å². The highest BCUT2D eigenvalue weighted by Crippen LogP contribution is 2.30. The van der Waals surface area contributed by atoms with E-state index in [0.717, 1.165) is 0 Å². The molecule has 1 N–H and O–H groups in total. The number of ether oxygens (including phenoxy) is 2. The van der Waals surface area contributed by atoms with Gasteiger partial charge in [-0.25, -0.2) is 18.2 Å². The highest BCUT2D eigenvalue weighted by molar-refractivity contribution is 7.93. The molecular formula is C25H19N3O5S. The van der Waals surface area contributed by atoms with Gasteiger partial charge in [0.2, 0.25) is 0 Å². The van der Waals surface area contributed by atoms with Crippen molar-refractivity contribution < 1.29 is 22.7 Å². The van der Waals surface area contributed by atoms with Gasteiger partial charge in [-0.15, -0.1) is 0 Å². The van der Waals surface area contributed by atoms with Crippen LogP contribution >= 0.6 is 0 Å². The number of pyridine rings is 2. The number of carbonyl (C=O) groups excluding carboxylic acids is 1. The second kappa shape index (κ2) is 9.60. The summed E-state index contributed by atoms with van der Waals surface area (Å²) in [6.07, 6.45) is 2.97. The zero-order chi connectivity index (χ0) is 24.1. The monoisotopic (exact) mass is 473 g/mol. The van der Waals surface area contributed by atoms with Crippen molar-refractivity contribution in [3.63, 3.8) is 0 Å². The van der Waals surface area contributed by atoms with Gasteiger partial charge in [0.15, 0.2) is 0 Å². The fraction of sp³-hybridized carbons (Fsp3) is 0.0800. The van der Waals surface area contributed by atoms with Crippen LogP contribution in [0.3, 0.4) is 0 Å². The van der Waals surface area contributed by atoms with E-state index in [4.69, 9.17) is 4.74 Å². The summed E-state index contributed by atoms with van der Waals surface area (Å²) in [6.45, 7) is 0. The number of nitrogens with one attached hydrogen (secondary N) is 1. The van der Waals surface area contributed by atoms with Gasteiger partial charge in [0, 0.05) is 28.9 Å². The number of benzene rings is 2. The lowest BCUT2D eigenvalue weighted by molar-refractivity contribution is 0.0594. The molecule has 0 saturated carbocycles. The molecule has 0 fully saturated rings. The normalized spacial score (nSPS) is 10.8. The van der Waals surface area contributed by atoms with Gasteiger partial charge < -0.3 is 9.47 Å². The molecule has 0 saturated heterocycles. The first-order valence-corrected chi connectivity index (χ1v) is 11.5. The minimum atomic E-state index is -3.99. The Bertz CT molecular complexity index is 1540. The van der Waals surface area contributed by atoms with E-state index in [1.165, 1.54) is 38.7 Å². The molecule has 0 aliphatic carbocycles. The molecule has 0 atom stereocenters.